The van der Waals surface area contributed by atoms with Crippen molar-refractivity contribution in [1.82, 2.24) is 4.98 Å². The molecule has 0 amide bonds. The smallest absolute Gasteiger partial charge is 0.341 e. The van der Waals surface area contributed by atoms with Crippen molar-refractivity contribution in [2.24, 2.45) is 0 Å². The van der Waals surface area contributed by atoms with Crippen molar-refractivity contribution in [3.8, 4) is 5.75 Å². The normalized spacial score (nSPS) is 10.0. The van der Waals surface area contributed by atoms with Crippen LogP contribution in [0.15, 0.2) is 36.5 Å². The number of phenols is 1. The molecule has 0 radical (unpaired) electrons. The second-order valence-corrected chi connectivity index (χ2v) is 4.04. The molecule has 0 atom stereocenters. The standard InChI is InChI=1S/C14H14N2O3/c1-9-6-7-12(15-8-9)16-11-5-3-4-10(13(11)17)14(18)19-2/h3-8,17H,1-2H3,(H,15,16). The number of esters is 1. The second kappa shape index (κ2) is 5.39. The molecule has 0 bridgehead atoms. The number of methoxy groups -OCH3 is 1. The molecule has 2 rings (SSSR count). The third-order valence-electron chi connectivity index (χ3n) is 2.62. The zero-order valence-corrected chi connectivity index (χ0v) is 10.7. The van der Waals surface area contributed by atoms with E-state index in [-0.39, 0.29) is 11.3 Å². The number of aryl methyl sites for hydroxylation is 1. The number of carbonyl (C=O) groups is 1. The van der Waals surface area contributed by atoms with E-state index >= 15 is 0 Å². The molecule has 5 nitrogen and oxygen atoms in total. The molecule has 2 N–H and O–H groups in total. The molecule has 0 spiro atoms. The number of aromatic nitrogens is 1. The number of rotatable bonds is 3. The minimum absolute atomic E-state index is 0.111. The molecule has 1 aromatic heterocycles. The first-order valence-corrected chi connectivity index (χ1v) is 5.72. The number of carbonyl (C=O) groups excluding carboxylic acids is 1. The Bertz CT molecular complexity index is 594. The van der Waals surface area contributed by atoms with Crippen molar-refractivity contribution in [2.45, 2.75) is 6.92 Å². The molecule has 0 saturated carbocycles. The van der Waals surface area contributed by atoms with E-state index in [1.165, 1.54) is 13.2 Å². The monoisotopic (exact) mass is 258 g/mol. The molecule has 0 fully saturated rings. The topological polar surface area (TPSA) is 71.5 Å². The van der Waals surface area contributed by atoms with Crippen molar-refractivity contribution in [1.29, 1.82) is 0 Å². The maximum atomic E-state index is 11.5. The van der Waals surface area contributed by atoms with Gasteiger partial charge in [0.15, 0.2) is 5.75 Å². The highest BCUT2D eigenvalue weighted by Gasteiger charge is 2.14. The molecule has 2 aromatic rings. The number of anilines is 2. The lowest BCUT2D eigenvalue weighted by molar-refractivity contribution is 0.0597. The molecule has 98 valence electrons. The number of ether oxygens (including phenoxy) is 1. The first-order valence-electron chi connectivity index (χ1n) is 5.72. The Morgan fingerprint density at radius 3 is 2.74 bits per heavy atom. The molecule has 1 heterocycles. The van der Waals surface area contributed by atoms with Gasteiger partial charge in [-0.25, -0.2) is 9.78 Å². The van der Waals surface area contributed by atoms with Crippen LogP contribution in [0.3, 0.4) is 0 Å². The van der Waals surface area contributed by atoms with Crippen LogP contribution in [0.25, 0.3) is 0 Å². The molecule has 1 aromatic carbocycles. The van der Waals surface area contributed by atoms with Crippen LogP contribution in [0.2, 0.25) is 0 Å². The molecule has 0 unspecified atom stereocenters. The van der Waals surface area contributed by atoms with E-state index in [4.69, 9.17) is 0 Å². The zero-order valence-electron chi connectivity index (χ0n) is 10.7. The van der Waals surface area contributed by atoms with Crippen LogP contribution in [0.5, 0.6) is 5.75 Å². The summed E-state index contributed by atoms with van der Waals surface area (Å²) in [7, 11) is 1.27. The fraction of sp³-hybridized carbons (Fsp3) is 0.143. The van der Waals surface area contributed by atoms with Gasteiger partial charge < -0.3 is 15.2 Å². The zero-order chi connectivity index (χ0) is 13.8. The van der Waals surface area contributed by atoms with Crippen LogP contribution < -0.4 is 5.32 Å². The van der Waals surface area contributed by atoms with Crippen molar-refractivity contribution >= 4 is 17.5 Å². The number of phenolic OH excluding ortho intramolecular Hbond substituents is 1. The number of hydrogen-bond acceptors (Lipinski definition) is 5. The molecular weight excluding hydrogens is 244 g/mol. The third-order valence-corrected chi connectivity index (χ3v) is 2.62. The van der Waals surface area contributed by atoms with Gasteiger partial charge in [0.05, 0.1) is 12.8 Å². The highest BCUT2D eigenvalue weighted by molar-refractivity contribution is 5.94. The number of pyridine rings is 1. The van der Waals surface area contributed by atoms with Gasteiger partial charge in [0, 0.05) is 6.20 Å². The fourth-order valence-corrected chi connectivity index (χ4v) is 1.60. The van der Waals surface area contributed by atoms with Crippen LogP contribution in [0.4, 0.5) is 11.5 Å². The summed E-state index contributed by atoms with van der Waals surface area (Å²) in [6, 6.07) is 8.50. The van der Waals surface area contributed by atoms with Crippen LogP contribution in [-0.2, 0) is 4.74 Å². The number of aromatic hydroxyl groups is 1. The first kappa shape index (κ1) is 12.9. The van der Waals surface area contributed by atoms with Gasteiger partial charge in [0.25, 0.3) is 0 Å². The van der Waals surface area contributed by atoms with E-state index in [1.54, 1.807) is 24.4 Å². The van der Waals surface area contributed by atoms with Gasteiger partial charge in [-0.1, -0.05) is 12.1 Å². The lowest BCUT2D eigenvalue weighted by Gasteiger charge is -2.10. The summed E-state index contributed by atoms with van der Waals surface area (Å²) < 4.78 is 4.60. The van der Waals surface area contributed by atoms with Gasteiger partial charge in [-0.15, -0.1) is 0 Å². The van der Waals surface area contributed by atoms with Crippen molar-refractivity contribution in [2.75, 3.05) is 12.4 Å². The second-order valence-electron chi connectivity index (χ2n) is 4.04. The van der Waals surface area contributed by atoms with E-state index in [0.29, 0.717) is 11.5 Å². The molecule has 19 heavy (non-hydrogen) atoms. The number of benzene rings is 1. The SMILES string of the molecule is COC(=O)c1cccc(Nc2ccc(C)cn2)c1O. The van der Waals surface area contributed by atoms with Gasteiger partial charge >= 0.3 is 5.97 Å². The maximum Gasteiger partial charge on any atom is 0.341 e. The Labute approximate surface area is 110 Å². The van der Waals surface area contributed by atoms with Crippen molar-refractivity contribution in [3.63, 3.8) is 0 Å². The third kappa shape index (κ3) is 2.82. The highest BCUT2D eigenvalue weighted by atomic mass is 16.5. The average Bonchev–Trinajstić information content (AvgIpc) is 2.43. The number of nitrogens with one attached hydrogen (secondary N) is 1. The van der Waals surface area contributed by atoms with E-state index in [2.05, 4.69) is 15.0 Å². The average molecular weight is 258 g/mol. The predicted molar refractivity (Wildman–Crippen MR) is 71.7 cm³/mol. The van der Waals surface area contributed by atoms with Crippen LogP contribution in [0, 0.1) is 6.92 Å². The summed E-state index contributed by atoms with van der Waals surface area (Å²) in [5.41, 5.74) is 1.55. The van der Waals surface area contributed by atoms with Gasteiger partial charge in [-0.05, 0) is 30.7 Å². The van der Waals surface area contributed by atoms with E-state index < -0.39 is 5.97 Å². The predicted octanol–water partition coefficient (Wildman–Crippen LogP) is 2.63. The first-order chi connectivity index (χ1) is 9.11. The van der Waals surface area contributed by atoms with E-state index in [9.17, 15) is 9.90 Å². The fourth-order valence-electron chi connectivity index (χ4n) is 1.60. The van der Waals surface area contributed by atoms with Crippen LogP contribution in [0.1, 0.15) is 15.9 Å². The van der Waals surface area contributed by atoms with Crippen molar-refractivity contribution < 1.29 is 14.6 Å². The van der Waals surface area contributed by atoms with Gasteiger partial charge in [0.2, 0.25) is 0 Å². The lowest BCUT2D eigenvalue weighted by atomic mass is 10.1. The Kier molecular flexibility index (Phi) is 3.66. The summed E-state index contributed by atoms with van der Waals surface area (Å²) >= 11 is 0. The minimum atomic E-state index is -0.585. The molecule has 0 saturated heterocycles. The Hall–Kier alpha value is -2.56. The van der Waals surface area contributed by atoms with Crippen LogP contribution in [-0.4, -0.2) is 23.2 Å². The number of nitrogens with zero attached hydrogens (tertiary/aromatic N) is 1. The van der Waals surface area contributed by atoms with Crippen molar-refractivity contribution in [3.05, 3.63) is 47.7 Å². The van der Waals surface area contributed by atoms with Gasteiger partial charge in [-0.3, -0.25) is 0 Å². The minimum Gasteiger partial charge on any atom is -0.505 e. The van der Waals surface area contributed by atoms with Crippen LogP contribution >= 0.6 is 0 Å². The molecule has 0 aliphatic heterocycles. The lowest BCUT2D eigenvalue weighted by Crippen LogP contribution is -2.03. The Morgan fingerprint density at radius 1 is 1.32 bits per heavy atom. The summed E-state index contributed by atoms with van der Waals surface area (Å²) in [4.78, 5) is 15.6. The Morgan fingerprint density at radius 2 is 2.11 bits per heavy atom. The largest absolute Gasteiger partial charge is 0.505 e. The highest BCUT2D eigenvalue weighted by Crippen LogP contribution is 2.30. The van der Waals surface area contributed by atoms with Gasteiger partial charge in [0.1, 0.15) is 11.4 Å². The quantitative estimate of drug-likeness (QED) is 0.654. The Balaban J connectivity index is 2.30. The molecule has 0 aliphatic rings. The summed E-state index contributed by atoms with van der Waals surface area (Å²) in [5.74, 6) is -0.155. The molecular formula is C14H14N2O3. The molecule has 0 aliphatic carbocycles. The molecule has 5 heteroatoms. The van der Waals surface area contributed by atoms with Gasteiger partial charge in [-0.2, -0.15) is 0 Å². The summed E-state index contributed by atoms with van der Waals surface area (Å²) in [5, 5.41) is 13.0. The van der Waals surface area contributed by atoms with E-state index in [1.807, 2.05) is 13.0 Å². The van der Waals surface area contributed by atoms with E-state index in [0.717, 1.165) is 5.56 Å². The summed E-state index contributed by atoms with van der Waals surface area (Å²) in [6.07, 6.45) is 1.71. The summed E-state index contributed by atoms with van der Waals surface area (Å²) in [6.45, 7) is 1.94. The number of hydrogen-bond donors (Lipinski definition) is 2. The maximum absolute atomic E-state index is 11.5. The number of para-hydroxylation sites is 1.